The summed E-state index contributed by atoms with van der Waals surface area (Å²) >= 11 is 0. The van der Waals surface area contributed by atoms with Gasteiger partial charge in [0.05, 0.1) is 19.0 Å². The van der Waals surface area contributed by atoms with Crippen molar-refractivity contribution in [2.75, 3.05) is 25.5 Å². The fourth-order valence-corrected chi connectivity index (χ4v) is 1.63. The van der Waals surface area contributed by atoms with E-state index in [2.05, 4.69) is 24.1 Å². The van der Waals surface area contributed by atoms with Crippen LogP contribution in [0.3, 0.4) is 0 Å². The number of methoxy groups -OCH3 is 1. The summed E-state index contributed by atoms with van der Waals surface area (Å²) in [4.78, 5) is 17.9. The average molecular weight is 251 g/mol. The third kappa shape index (κ3) is 4.24. The van der Waals surface area contributed by atoms with Gasteiger partial charge in [0, 0.05) is 19.2 Å². The Balaban J connectivity index is 2.60. The molecule has 5 nitrogen and oxygen atoms in total. The number of rotatable bonds is 6. The van der Waals surface area contributed by atoms with Crippen LogP contribution in [0.2, 0.25) is 0 Å². The van der Waals surface area contributed by atoms with Crippen molar-refractivity contribution in [1.82, 2.24) is 9.88 Å². The van der Waals surface area contributed by atoms with Gasteiger partial charge in [-0.15, -0.1) is 0 Å². The molecule has 0 unspecified atom stereocenters. The van der Waals surface area contributed by atoms with Crippen LogP contribution in [0.1, 0.15) is 26.7 Å². The van der Waals surface area contributed by atoms with Crippen molar-refractivity contribution in [2.45, 2.75) is 26.7 Å². The number of carbonyl (C=O) groups is 1. The molecule has 5 heteroatoms. The summed E-state index contributed by atoms with van der Waals surface area (Å²) in [6.45, 7) is 5.66. The van der Waals surface area contributed by atoms with E-state index in [1.165, 1.54) is 0 Å². The van der Waals surface area contributed by atoms with Crippen molar-refractivity contribution in [3.05, 3.63) is 18.3 Å². The first kappa shape index (κ1) is 14.3. The molecule has 1 aromatic rings. The second-order valence-corrected chi connectivity index (χ2v) is 4.01. The second-order valence-electron chi connectivity index (χ2n) is 4.01. The molecule has 2 amide bonds. The molecule has 1 rings (SSSR count). The highest BCUT2D eigenvalue weighted by atomic mass is 16.5. The van der Waals surface area contributed by atoms with E-state index in [1.54, 1.807) is 25.4 Å². The molecule has 0 bridgehead atoms. The van der Waals surface area contributed by atoms with Crippen LogP contribution in [0.4, 0.5) is 10.5 Å². The molecule has 0 saturated heterocycles. The minimum absolute atomic E-state index is 0.0781. The van der Waals surface area contributed by atoms with E-state index in [9.17, 15) is 4.79 Å². The first-order valence-electron chi connectivity index (χ1n) is 6.27. The summed E-state index contributed by atoms with van der Waals surface area (Å²) in [5.74, 6) is 0.534. The van der Waals surface area contributed by atoms with Gasteiger partial charge in [-0.3, -0.25) is 0 Å². The number of nitrogens with zero attached hydrogens (tertiary/aromatic N) is 2. The zero-order chi connectivity index (χ0) is 13.4. The van der Waals surface area contributed by atoms with Crippen molar-refractivity contribution in [1.29, 1.82) is 0 Å². The lowest BCUT2D eigenvalue weighted by molar-refractivity contribution is 0.211. The summed E-state index contributed by atoms with van der Waals surface area (Å²) in [6, 6.07) is 3.42. The molecule has 0 saturated carbocycles. The number of anilines is 1. The van der Waals surface area contributed by atoms with Crippen LogP contribution in [0, 0.1) is 0 Å². The predicted octanol–water partition coefficient (Wildman–Crippen LogP) is 2.74. The molecular weight excluding hydrogens is 230 g/mol. The maximum atomic E-state index is 12.0. The van der Waals surface area contributed by atoms with E-state index >= 15 is 0 Å². The van der Waals surface area contributed by atoms with Gasteiger partial charge in [0.2, 0.25) is 5.88 Å². The number of hydrogen-bond donors (Lipinski definition) is 1. The molecule has 0 fully saturated rings. The van der Waals surface area contributed by atoms with E-state index in [0.29, 0.717) is 11.6 Å². The van der Waals surface area contributed by atoms with Gasteiger partial charge in [-0.2, -0.15) is 0 Å². The number of aromatic nitrogens is 1. The van der Waals surface area contributed by atoms with Gasteiger partial charge in [-0.1, -0.05) is 13.8 Å². The van der Waals surface area contributed by atoms with E-state index in [-0.39, 0.29) is 6.03 Å². The second kappa shape index (κ2) is 7.53. The maximum Gasteiger partial charge on any atom is 0.321 e. The number of urea groups is 1. The summed E-state index contributed by atoms with van der Waals surface area (Å²) < 4.78 is 4.96. The van der Waals surface area contributed by atoms with Gasteiger partial charge >= 0.3 is 6.03 Å². The van der Waals surface area contributed by atoms with Crippen LogP contribution in [0.5, 0.6) is 5.88 Å². The van der Waals surface area contributed by atoms with Crippen LogP contribution in [0.25, 0.3) is 0 Å². The number of ether oxygens (including phenoxy) is 1. The van der Waals surface area contributed by atoms with Crippen molar-refractivity contribution in [3.8, 4) is 5.88 Å². The van der Waals surface area contributed by atoms with Crippen LogP contribution in [-0.4, -0.2) is 36.1 Å². The Bertz CT molecular complexity index is 359. The summed E-state index contributed by atoms with van der Waals surface area (Å²) in [5, 5.41) is 2.83. The highest BCUT2D eigenvalue weighted by Gasteiger charge is 2.11. The number of carbonyl (C=O) groups excluding carboxylic acids is 1. The molecule has 0 aliphatic heterocycles. The van der Waals surface area contributed by atoms with Gasteiger partial charge in [-0.05, 0) is 18.9 Å². The molecule has 1 N–H and O–H groups in total. The van der Waals surface area contributed by atoms with Gasteiger partial charge < -0.3 is 15.0 Å². The van der Waals surface area contributed by atoms with Crippen LogP contribution >= 0.6 is 0 Å². The third-order valence-electron chi connectivity index (χ3n) is 2.47. The standard InChI is InChI=1S/C13H21N3O2/c1-4-8-16(9-5-2)13(17)15-11-6-7-12(18-3)14-10-11/h6-7,10H,4-5,8-9H2,1-3H3,(H,15,17). The number of pyridine rings is 1. The minimum Gasteiger partial charge on any atom is -0.481 e. The molecule has 0 aromatic carbocycles. The molecule has 100 valence electrons. The smallest absolute Gasteiger partial charge is 0.321 e. The van der Waals surface area contributed by atoms with Crippen molar-refractivity contribution >= 4 is 11.7 Å². The molecule has 1 aromatic heterocycles. The summed E-state index contributed by atoms with van der Waals surface area (Å²) in [6.07, 6.45) is 3.50. The minimum atomic E-state index is -0.0781. The fraction of sp³-hybridized carbons (Fsp3) is 0.538. The normalized spacial score (nSPS) is 9.94. The van der Waals surface area contributed by atoms with Crippen LogP contribution in [-0.2, 0) is 0 Å². The maximum absolute atomic E-state index is 12.0. The van der Waals surface area contributed by atoms with Crippen LogP contribution < -0.4 is 10.1 Å². The Kier molecular flexibility index (Phi) is 5.97. The van der Waals surface area contributed by atoms with Crippen molar-refractivity contribution in [2.24, 2.45) is 0 Å². The Labute approximate surface area is 108 Å². The van der Waals surface area contributed by atoms with Gasteiger partial charge in [-0.25, -0.2) is 9.78 Å². The number of nitrogens with one attached hydrogen (secondary N) is 1. The van der Waals surface area contributed by atoms with E-state index in [0.717, 1.165) is 25.9 Å². The Morgan fingerprint density at radius 2 is 2.00 bits per heavy atom. The Morgan fingerprint density at radius 3 is 2.44 bits per heavy atom. The van der Waals surface area contributed by atoms with E-state index in [4.69, 9.17) is 4.74 Å². The fourth-order valence-electron chi connectivity index (χ4n) is 1.63. The molecule has 1 heterocycles. The third-order valence-corrected chi connectivity index (χ3v) is 2.47. The molecule has 0 atom stereocenters. The SMILES string of the molecule is CCCN(CCC)C(=O)Nc1ccc(OC)nc1. The first-order valence-corrected chi connectivity index (χ1v) is 6.27. The first-order chi connectivity index (χ1) is 8.71. The van der Waals surface area contributed by atoms with Crippen molar-refractivity contribution < 1.29 is 9.53 Å². The monoisotopic (exact) mass is 251 g/mol. The Morgan fingerprint density at radius 1 is 1.33 bits per heavy atom. The topological polar surface area (TPSA) is 54.5 Å². The zero-order valence-corrected chi connectivity index (χ0v) is 11.3. The molecule has 0 aliphatic rings. The average Bonchev–Trinajstić information content (AvgIpc) is 2.39. The molecule has 0 aliphatic carbocycles. The van der Waals surface area contributed by atoms with E-state index in [1.807, 2.05) is 4.90 Å². The highest BCUT2D eigenvalue weighted by Crippen LogP contribution is 2.11. The molecule has 18 heavy (non-hydrogen) atoms. The predicted molar refractivity (Wildman–Crippen MR) is 72.0 cm³/mol. The zero-order valence-electron chi connectivity index (χ0n) is 11.3. The van der Waals surface area contributed by atoms with Crippen molar-refractivity contribution in [3.63, 3.8) is 0 Å². The quantitative estimate of drug-likeness (QED) is 0.845. The summed E-state index contributed by atoms with van der Waals surface area (Å²) in [7, 11) is 1.56. The summed E-state index contributed by atoms with van der Waals surface area (Å²) in [5.41, 5.74) is 0.679. The van der Waals surface area contributed by atoms with Gasteiger partial charge in [0.25, 0.3) is 0 Å². The Hall–Kier alpha value is -1.78. The van der Waals surface area contributed by atoms with Gasteiger partial charge in [0.1, 0.15) is 0 Å². The lowest BCUT2D eigenvalue weighted by atomic mass is 10.3. The van der Waals surface area contributed by atoms with Crippen LogP contribution in [0.15, 0.2) is 18.3 Å². The highest BCUT2D eigenvalue weighted by molar-refractivity contribution is 5.89. The molecule has 0 spiro atoms. The lowest BCUT2D eigenvalue weighted by Crippen LogP contribution is -2.36. The number of amides is 2. The largest absolute Gasteiger partial charge is 0.481 e. The number of hydrogen-bond acceptors (Lipinski definition) is 3. The van der Waals surface area contributed by atoms with Gasteiger partial charge in [0.15, 0.2) is 0 Å². The molecular formula is C13H21N3O2. The van der Waals surface area contributed by atoms with E-state index < -0.39 is 0 Å². The lowest BCUT2D eigenvalue weighted by Gasteiger charge is -2.21. The molecule has 0 radical (unpaired) electrons.